The van der Waals surface area contributed by atoms with E-state index in [2.05, 4.69) is 28.5 Å². The van der Waals surface area contributed by atoms with E-state index < -0.39 is 18.1 Å². The van der Waals surface area contributed by atoms with Gasteiger partial charge < -0.3 is 20.1 Å². The Labute approximate surface area is 226 Å². The molecule has 1 aliphatic carbocycles. The van der Waals surface area contributed by atoms with E-state index in [1.54, 1.807) is 0 Å². The highest BCUT2D eigenvalue weighted by Crippen LogP contribution is 2.44. The Morgan fingerprint density at radius 3 is 2.15 bits per heavy atom. The molecule has 0 unspecified atom stereocenters. The Morgan fingerprint density at radius 1 is 0.872 bits per heavy atom. The summed E-state index contributed by atoms with van der Waals surface area (Å²) < 4.78 is 5.56. The Hall–Kier alpha value is -4.84. The van der Waals surface area contributed by atoms with Gasteiger partial charge in [-0.15, -0.1) is 0 Å². The molecule has 1 aromatic heterocycles. The molecule has 0 radical (unpaired) electrons. The van der Waals surface area contributed by atoms with E-state index in [1.165, 1.54) is 0 Å². The standard InChI is InChI=1S/C33H28N2O4/c1-20-31(27-12-6-7-13-29(27)34-20)22-16-14-21(15-17-22)18-30(32(36)37)35-33(38)39-19-28-25-10-4-2-8-23(25)24-9-3-5-11-26(24)28/h2-17,28,30,34H,18-19H2,1H3,(H,35,38)(H,36,37)/t30-/m0/s1. The maximum Gasteiger partial charge on any atom is 0.407 e. The minimum Gasteiger partial charge on any atom is -0.480 e. The lowest BCUT2D eigenvalue weighted by Gasteiger charge is -2.17. The molecule has 1 atom stereocenters. The molecule has 3 N–H and O–H groups in total. The largest absolute Gasteiger partial charge is 0.480 e. The summed E-state index contributed by atoms with van der Waals surface area (Å²) >= 11 is 0. The van der Waals surface area contributed by atoms with Crippen molar-refractivity contribution in [2.24, 2.45) is 0 Å². The molecule has 1 aliphatic rings. The second-order valence-electron chi connectivity index (χ2n) is 9.93. The summed E-state index contributed by atoms with van der Waals surface area (Å²) in [7, 11) is 0. The normalized spacial score (nSPS) is 13.1. The van der Waals surface area contributed by atoms with Gasteiger partial charge in [0.1, 0.15) is 12.6 Å². The predicted molar refractivity (Wildman–Crippen MR) is 152 cm³/mol. The van der Waals surface area contributed by atoms with E-state index in [1.807, 2.05) is 85.8 Å². The fourth-order valence-corrected chi connectivity index (χ4v) is 5.67. The number of alkyl carbamates (subject to hydrolysis) is 1. The number of aryl methyl sites for hydroxylation is 1. The maximum atomic E-state index is 12.7. The van der Waals surface area contributed by atoms with Crippen LogP contribution in [0.4, 0.5) is 4.79 Å². The molecule has 0 spiro atoms. The number of ether oxygens (including phenoxy) is 1. The average molecular weight is 517 g/mol. The number of para-hydroxylation sites is 1. The second-order valence-corrected chi connectivity index (χ2v) is 9.93. The number of nitrogens with one attached hydrogen (secondary N) is 2. The molecular formula is C33H28N2O4. The third-order valence-corrected chi connectivity index (χ3v) is 7.51. The fourth-order valence-electron chi connectivity index (χ4n) is 5.67. The number of aliphatic carboxylic acids is 1. The Kier molecular flexibility index (Phi) is 6.37. The van der Waals surface area contributed by atoms with Gasteiger partial charge >= 0.3 is 12.1 Å². The number of aromatic nitrogens is 1. The zero-order chi connectivity index (χ0) is 26.9. The van der Waals surface area contributed by atoms with Crippen molar-refractivity contribution < 1.29 is 19.4 Å². The number of carbonyl (C=O) groups is 2. The van der Waals surface area contributed by atoms with Crippen LogP contribution in [-0.2, 0) is 16.0 Å². The number of fused-ring (bicyclic) bond motifs is 4. The first kappa shape index (κ1) is 24.5. The lowest BCUT2D eigenvalue weighted by Crippen LogP contribution is -2.42. The third kappa shape index (κ3) is 4.66. The van der Waals surface area contributed by atoms with E-state index in [0.717, 1.165) is 55.5 Å². The number of carbonyl (C=O) groups excluding carboxylic acids is 1. The topological polar surface area (TPSA) is 91.4 Å². The number of aromatic amines is 1. The van der Waals surface area contributed by atoms with Crippen molar-refractivity contribution in [1.29, 1.82) is 0 Å². The second kappa shape index (κ2) is 10.1. The summed E-state index contributed by atoms with van der Waals surface area (Å²) in [5.74, 6) is -1.20. The van der Waals surface area contributed by atoms with Crippen LogP contribution in [0.25, 0.3) is 33.2 Å². The molecule has 1 amide bonds. The smallest absolute Gasteiger partial charge is 0.407 e. The quantitative estimate of drug-likeness (QED) is 0.225. The number of carboxylic acids is 1. The predicted octanol–water partition coefficient (Wildman–Crippen LogP) is 6.68. The number of carboxylic acid groups (broad SMARTS) is 1. The van der Waals surface area contributed by atoms with Crippen LogP contribution in [0.15, 0.2) is 97.1 Å². The van der Waals surface area contributed by atoms with Crippen molar-refractivity contribution in [2.45, 2.75) is 25.3 Å². The Morgan fingerprint density at radius 2 is 1.49 bits per heavy atom. The van der Waals surface area contributed by atoms with Crippen molar-refractivity contribution in [2.75, 3.05) is 6.61 Å². The maximum absolute atomic E-state index is 12.7. The first-order valence-electron chi connectivity index (χ1n) is 13.0. The average Bonchev–Trinajstić information content (AvgIpc) is 3.46. The van der Waals surface area contributed by atoms with Crippen molar-refractivity contribution in [3.63, 3.8) is 0 Å². The zero-order valence-electron chi connectivity index (χ0n) is 21.5. The van der Waals surface area contributed by atoms with E-state index in [0.29, 0.717) is 0 Å². The first-order valence-corrected chi connectivity index (χ1v) is 13.0. The lowest BCUT2D eigenvalue weighted by molar-refractivity contribution is -0.139. The molecule has 194 valence electrons. The Bertz CT molecular complexity index is 1640. The molecule has 6 nitrogen and oxygen atoms in total. The monoisotopic (exact) mass is 516 g/mol. The summed E-state index contributed by atoms with van der Waals surface area (Å²) in [5, 5.41) is 13.5. The van der Waals surface area contributed by atoms with Crippen molar-refractivity contribution in [1.82, 2.24) is 10.3 Å². The van der Waals surface area contributed by atoms with Crippen LogP contribution in [0.2, 0.25) is 0 Å². The van der Waals surface area contributed by atoms with Crippen LogP contribution in [0, 0.1) is 6.92 Å². The molecule has 39 heavy (non-hydrogen) atoms. The number of amides is 1. The number of rotatable bonds is 7. The van der Waals surface area contributed by atoms with E-state index in [4.69, 9.17) is 4.74 Å². The van der Waals surface area contributed by atoms with E-state index in [-0.39, 0.29) is 18.9 Å². The van der Waals surface area contributed by atoms with Gasteiger partial charge in [0.15, 0.2) is 0 Å². The summed E-state index contributed by atoms with van der Waals surface area (Å²) in [6, 6.07) is 31.0. The first-order chi connectivity index (χ1) is 19.0. The van der Waals surface area contributed by atoms with Crippen molar-refractivity contribution in [3.8, 4) is 22.3 Å². The number of hydrogen-bond donors (Lipinski definition) is 3. The van der Waals surface area contributed by atoms with Gasteiger partial charge in [-0.05, 0) is 46.4 Å². The van der Waals surface area contributed by atoms with Crippen LogP contribution >= 0.6 is 0 Å². The molecule has 5 aromatic rings. The molecule has 1 heterocycles. The molecule has 0 fully saturated rings. The minimum absolute atomic E-state index is 0.0908. The van der Waals surface area contributed by atoms with Crippen LogP contribution in [0.3, 0.4) is 0 Å². The Balaban J connectivity index is 1.13. The van der Waals surface area contributed by atoms with Gasteiger partial charge in [0.05, 0.1) is 0 Å². The van der Waals surface area contributed by atoms with Gasteiger partial charge in [0.25, 0.3) is 0 Å². The molecule has 0 saturated heterocycles. The molecule has 4 aromatic carbocycles. The molecule has 6 heteroatoms. The molecule has 0 aliphatic heterocycles. The molecule has 0 saturated carbocycles. The fraction of sp³-hybridized carbons (Fsp3) is 0.152. The number of hydrogen-bond acceptors (Lipinski definition) is 3. The van der Waals surface area contributed by atoms with Gasteiger partial charge in [-0.1, -0.05) is 91.0 Å². The SMILES string of the molecule is Cc1[nH]c2ccccc2c1-c1ccc(C[C@H](NC(=O)OCC2c3ccccc3-c3ccccc32)C(=O)O)cc1. The van der Waals surface area contributed by atoms with Gasteiger partial charge in [-0.3, -0.25) is 0 Å². The van der Waals surface area contributed by atoms with E-state index >= 15 is 0 Å². The minimum atomic E-state index is -1.11. The lowest BCUT2D eigenvalue weighted by atomic mass is 9.98. The highest BCUT2D eigenvalue weighted by Gasteiger charge is 2.29. The summed E-state index contributed by atoms with van der Waals surface area (Å²) in [6.45, 7) is 2.17. The van der Waals surface area contributed by atoms with Gasteiger partial charge in [0.2, 0.25) is 0 Å². The summed E-state index contributed by atoms with van der Waals surface area (Å²) in [4.78, 5) is 28.1. The van der Waals surface area contributed by atoms with Gasteiger partial charge in [-0.25, -0.2) is 9.59 Å². The van der Waals surface area contributed by atoms with Crippen molar-refractivity contribution >= 4 is 23.0 Å². The van der Waals surface area contributed by atoms with Crippen LogP contribution in [0.1, 0.15) is 28.3 Å². The molecule has 6 rings (SSSR count). The van der Waals surface area contributed by atoms with Crippen LogP contribution in [-0.4, -0.2) is 34.8 Å². The van der Waals surface area contributed by atoms with Gasteiger partial charge in [0, 0.05) is 34.5 Å². The number of benzene rings is 4. The highest BCUT2D eigenvalue weighted by molar-refractivity contribution is 5.97. The molecule has 0 bridgehead atoms. The third-order valence-electron chi connectivity index (χ3n) is 7.51. The summed E-state index contributed by atoms with van der Waals surface area (Å²) in [6.07, 6.45) is -0.595. The van der Waals surface area contributed by atoms with Crippen LogP contribution < -0.4 is 5.32 Å². The summed E-state index contributed by atoms with van der Waals surface area (Å²) in [5.41, 5.74) is 9.61. The van der Waals surface area contributed by atoms with Crippen molar-refractivity contribution in [3.05, 3.63) is 119 Å². The van der Waals surface area contributed by atoms with E-state index in [9.17, 15) is 14.7 Å². The zero-order valence-corrected chi connectivity index (χ0v) is 21.5. The highest BCUT2D eigenvalue weighted by atomic mass is 16.5. The van der Waals surface area contributed by atoms with Gasteiger partial charge in [-0.2, -0.15) is 0 Å². The number of H-pyrrole nitrogens is 1. The van der Waals surface area contributed by atoms with Crippen LogP contribution in [0.5, 0.6) is 0 Å². The molecular weight excluding hydrogens is 488 g/mol.